The summed E-state index contributed by atoms with van der Waals surface area (Å²) in [5, 5.41) is 14.7. The van der Waals surface area contributed by atoms with Gasteiger partial charge in [0.1, 0.15) is 0 Å². The van der Waals surface area contributed by atoms with E-state index in [-0.39, 0.29) is 23.3 Å². The lowest BCUT2D eigenvalue weighted by Crippen LogP contribution is -2.21. The molecule has 0 spiro atoms. The molecule has 0 bridgehead atoms. The van der Waals surface area contributed by atoms with Crippen molar-refractivity contribution in [1.29, 1.82) is 5.26 Å². The van der Waals surface area contributed by atoms with Gasteiger partial charge in [0.05, 0.1) is 17.3 Å². The standard InChI is InChI=1S/C23H21N5O2/c1-15-8-10-17(11-9-15)25-23(30)21-27-20(19-7-2-3-12-28(19)21)22(29)26-18-6-4-5-16(13-18)14-24/h4-6,8-11,13H,2-3,7,12H2,1H3,(H,25,30)(H,26,29). The number of imidazole rings is 1. The first-order valence-electron chi connectivity index (χ1n) is 9.84. The largest absolute Gasteiger partial charge is 0.323 e. The van der Waals surface area contributed by atoms with Crippen LogP contribution in [0.15, 0.2) is 48.5 Å². The van der Waals surface area contributed by atoms with E-state index >= 15 is 0 Å². The maximum atomic E-state index is 12.9. The first-order valence-corrected chi connectivity index (χ1v) is 9.84. The molecule has 2 aromatic carbocycles. The van der Waals surface area contributed by atoms with Gasteiger partial charge in [0.2, 0.25) is 0 Å². The Morgan fingerprint density at radius 2 is 1.80 bits per heavy atom. The minimum absolute atomic E-state index is 0.237. The quantitative estimate of drug-likeness (QED) is 0.695. The number of aryl methyl sites for hydroxylation is 1. The molecule has 0 fully saturated rings. The molecule has 150 valence electrons. The Hall–Kier alpha value is -3.92. The normalized spacial score (nSPS) is 12.5. The smallest absolute Gasteiger partial charge is 0.291 e. The van der Waals surface area contributed by atoms with E-state index in [4.69, 9.17) is 5.26 Å². The minimum atomic E-state index is -0.384. The number of amides is 2. The Balaban J connectivity index is 1.62. The number of carbonyl (C=O) groups excluding carboxylic acids is 2. The molecule has 0 atom stereocenters. The van der Waals surface area contributed by atoms with Crippen LogP contribution in [-0.2, 0) is 13.0 Å². The topological polar surface area (TPSA) is 99.8 Å². The van der Waals surface area contributed by atoms with Crippen molar-refractivity contribution < 1.29 is 9.59 Å². The van der Waals surface area contributed by atoms with Gasteiger partial charge in [-0.15, -0.1) is 0 Å². The number of rotatable bonds is 4. The SMILES string of the molecule is Cc1ccc(NC(=O)c2nc(C(=O)Nc3cccc(C#N)c3)c3n2CCCC3)cc1. The van der Waals surface area contributed by atoms with Gasteiger partial charge >= 0.3 is 0 Å². The van der Waals surface area contributed by atoms with Crippen LogP contribution in [0.2, 0.25) is 0 Å². The second-order valence-electron chi connectivity index (χ2n) is 7.31. The molecule has 1 aliphatic rings. The molecule has 30 heavy (non-hydrogen) atoms. The van der Waals surface area contributed by atoms with E-state index in [2.05, 4.69) is 21.7 Å². The molecular weight excluding hydrogens is 378 g/mol. The maximum absolute atomic E-state index is 12.9. The summed E-state index contributed by atoms with van der Waals surface area (Å²) in [5.41, 5.74) is 3.78. The summed E-state index contributed by atoms with van der Waals surface area (Å²) in [4.78, 5) is 30.2. The highest BCUT2D eigenvalue weighted by Gasteiger charge is 2.27. The maximum Gasteiger partial charge on any atom is 0.291 e. The lowest BCUT2D eigenvalue weighted by atomic mass is 10.1. The van der Waals surface area contributed by atoms with Crippen molar-refractivity contribution in [2.45, 2.75) is 32.7 Å². The highest BCUT2D eigenvalue weighted by atomic mass is 16.2. The van der Waals surface area contributed by atoms with Crippen molar-refractivity contribution in [2.75, 3.05) is 10.6 Å². The Morgan fingerprint density at radius 1 is 1.03 bits per heavy atom. The van der Waals surface area contributed by atoms with Crippen LogP contribution < -0.4 is 10.6 Å². The molecule has 0 unspecified atom stereocenters. The summed E-state index contributed by atoms with van der Waals surface area (Å²) in [7, 11) is 0. The fraction of sp³-hybridized carbons (Fsp3) is 0.217. The average Bonchev–Trinajstić information content (AvgIpc) is 3.15. The Kier molecular flexibility index (Phi) is 5.31. The number of anilines is 2. The molecule has 4 rings (SSSR count). The second-order valence-corrected chi connectivity index (χ2v) is 7.31. The van der Waals surface area contributed by atoms with Gasteiger partial charge in [0, 0.05) is 17.9 Å². The molecule has 0 saturated carbocycles. The van der Waals surface area contributed by atoms with Gasteiger partial charge in [0.15, 0.2) is 11.5 Å². The monoisotopic (exact) mass is 399 g/mol. The molecule has 1 aliphatic heterocycles. The molecule has 7 nitrogen and oxygen atoms in total. The zero-order chi connectivity index (χ0) is 21.1. The fourth-order valence-corrected chi connectivity index (χ4v) is 3.58. The number of hydrogen-bond acceptors (Lipinski definition) is 4. The van der Waals surface area contributed by atoms with E-state index < -0.39 is 0 Å². The van der Waals surface area contributed by atoms with E-state index in [9.17, 15) is 9.59 Å². The fourth-order valence-electron chi connectivity index (χ4n) is 3.58. The van der Waals surface area contributed by atoms with Crippen molar-refractivity contribution >= 4 is 23.2 Å². The zero-order valence-electron chi connectivity index (χ0n) is 16.6. The van der Waals surface area contributed by atoms with E-state index in [1.165, 1.54) is 0 Å². The van der Waals surface area contributed by atoms with Crippen molar-refractivity contribution in [2.24, 2.45) is 0 Å². The van der Waals surface area contributed by atoms with Crippen LogP contribution in [0, 0.1) is 18.3 Å². The molecular formula is C23H21N5O2. The van der Waals surface area contributed by atoms with Crippen LogP contribution >= 0.6 is 0 Å². The molecule has 3 aromatic rings. The number of nitriles is 1. The van der Waals surface area contributed by atoms with Gasteiger partial charge in [-0.3, -0.25) is 9.59 Å². The van der Waals surface area contributed by atoms with Gasteiger partial charge in [-0.05, 0) is 56.5 Å². The summed E-state index contributed by atoms with van der Waals surface area (Å²) in [5.74, 6) is -0.487. The third-order valence-electron chi connectivity index (χ3n) is 5.09. The highest BCUT2D eigenvalue weighted by Crippen LogP contribution is 2.23. The number of hydrogen-bond donors (Lipinski definition) is 2. The summed E-state index contributed by atoms with van der Waals surface area (Å²) in [6.45, 7) is 2.63. The Morgan fingerprint density at radius 3 is 2.57 bits per heavy atom. The first-order chi connectivity index (χ1) is 14.5. The number of carbonyl (C=O) groups is 2. The van der Waals surface area contributed by atoms with Crippen molar-refractivity contribution in [3.63, 3.8) is 0 Å². The molecule has 0 aliphatic carbocycles. The van der Waals surface area contributed by atoms with Crippen molar-refractivity contribution in [3.05, 3.63) is 76.9 Å². The first kappa shape index (κ1) is 19.4. The number of benzene rings is 2. The third kappa shape index (κ3) is 3.94. The van der Waals surface area contributed by atoms with Crippen molar-refractivity contribution in [3.8, 4) is 6.07 Å². The number of fused-ring (bicyclic) bond motifs is 1. The molecule has 1 aromatic heterocycles. The average molecular weight is 399 g/mol. The number of nitrogens with zero attached hydrogens (tertiary/aromatic N) is 3. The van der Waals surface area contributed by atoms with Crippen LogP contribution in [-0.4, -0.2) is 21.4 Å². The van der Waals surface area contributed by atoms with E-state index in [0.717, 1.165) is 24.1 Å². The van der Waals surface area contributed by atoms with Gasteiger partial charge in [-0.1, -0.05) is 23.8 Å². The molecule has 2 amide bonds. The van der Waals surface area contributed by atoms with Gasteiger partial charge in [0.25, 0.3) is 11.8 Å². The van der Waals surface area contributed by atoms with E-state index in [1.807, 2.05) is 35.8 Å². The second kappa shape index (κ2) is 8.21. The highest BCUT2D eigenvalue weighted by molar-refractivity contribution is 6.07. The van der Waals surface area contributed by atoms with Crippen LogP contribution in [0.5, 0.6) is 0 Å². The summed E-state index contributed by atoms with van der Waals surface area (Å²) in [6, 6.07) is 16.3. The predicted octanol–water partition coefficient (Wildman–Crippen LogP) is 3.90. The Bertz CT molecular complexity index is 1160. The van der Waals surface area contributed by atoms with Gasteiger partial charge in [-0.25, -0.2) is 4.98 Å². The van der Waals surface area contributed by atoms with Crippen LogP contribution in [0.3, 0.4) is 0 Å². The van der Waals surface area contributed by atoms with Gasteiger partial charge in [-0.2, -0.15) is 5.26 Å². The lowest BCUT2D eigenvalue weighted by molar-refractivity contribution is 0.101. The van der Waals surface area contributed by atoms with Crippen molar-refractivity contribution in [1.82, 2.24) is 9.55 Å². The van der Waals surface area contributed by atoms with Gasteiger partial charge < -0.3 is 15.2 Å². The molecule has 2 N–H and O–H groups in total. The predicted molar refractivity (Wildman–Crippen MR) is 113 cm³/mol. The summed E-state index contributed by atoms with van der Waals surface area (Å²) in [6.07, 6.45) is 2.56. The third-order valence-corrected chi connectivity index (χ3v) is 5.09. The molecule has 0 saturated heterocycles. The molecule has 0 radical (unpaired) electrons. The zero-order valence-corrected chi connectivity index (χ0v) is 16.6. The number of nitrogens with one attached hydrogen (secondary N) is 2. The summed E-state index contributed by atoms with van der Waals surface area (Å²) >= 11 is 0. The van der Waals surface area contributed by atoms with Crippen LogP contribution in [0.1, 0.15) is 50.8 Å². The molecule has 2 heterocycles. The Labute approximate surface area is 174 Å². The van der Waals surface area contributed by atoms with E-state index in [0.29, 0.717) is 29.9 Å². The lowest BCUT2D eigenvalue weighted by Gasteiger charge is -2.17. The minimum Gasteiger partial charge on any atom is -0.323 e. The summed E-state index contributed by atoms with van der Waals surface area (Å²) < 4.78 is 1.84. The molecule has 7 heteroatoms. The number of aromatic nitrogens is 2. The van der Waals surface area contributed by atoms with E-state index in [1.54, 1.807) is 24.3 Å². The van der Waals surface area contributed by atoms with Crippen LogP contribution in [0.4, 0.5) is 11.4 Å². The van der Waals surface area contributed by atoms with Crippen LogP contribution in [0.25, 0.3) is 0 Å².